The zero-order valence-corrected chi connectivity index (χ0v) is 20.9. The van der Waals surface area contributed by atoms with E-state index in [1.807, 2.05) is 35.2 Å². The minimum absolute atomic E-state index is 0.0577. The highest BCUT2D eigenvalue weighted by molar-refractivity contribution is 5.89. The lowest BCUT2D eigenvalue weighted by Crippen LogP contribution is -2.33. The van der Waals surface area contributed by atoms with Gasteiger partial charge in [0.15, 0.2) is 0 Å². The van der Waals surface area contributed by atoms with E-state index in [0.29, 0.717) is 17.9 Å². The average molecular weight is 540 g/mol. The van der Waals surface area contributed by atoms with Crippen LogP contribution in [-0.2, 0) is 23.9 Å². The van der Waals surface area contributed by atoms with Crippen molar-refractivity contribution >= 4 is 16.9 Å². The summed E-state index contributed by atoms with van der Waals surface area (Å²) >= 11 is 0. The number of esters is 1. The molecule has 0 unspecified atom stereocenters. The van der Waals surface area contributed by atoms with Gasteiger partial charge in [0, 0.05) is 13.1 Å². The van der Waals surface area contributed by atoms with Crippen LogP contribution >= 0.6 is 0 Å². The molecule has 0 radical (unpaired) electrons. The number of methoxy groups -OCH3 is 1. The van der Waals surface area contributed by atoms with E-state index in [1.165, 1.54) is 43.0 Å². The Labute approximate surface area is 221 Å². The first-order valence-electron chi connectivity index (χ1n) is 12.2. The van der Waals surface area contributed by atoms with Gasteiger partial charge in [0.2, 0.25) is 11.2 Å². The van der Waals surface area contributed by atoms with Crippen LogP contribution in [0.4, 0.5) is 13.2 Å². The van der Waals surface area contributed by atoms with Gasteiger partial charge in [-0.2, -0.15) is 13.2 Å². The summed E-state index contributed by atoms with van der Waals surface area (Å²) in [6.07, 6.45) is -3.35. The van der Waals surface area contributed by atoms with Crippen LogP contribution in [0.5, 0.6) is 17.2 Å². The summed E-state index contributed by atoms with van der Waals surface area (Å²) in [6.45, 7) is 1.17. The predicted octanol–water partition coefficient (Wildman–Crippen LogP) is 6.18. The number of carbonyl (C=O) groups is 1. The zero-order valence-electron chi connectivity index (χ0n) is 20.9. The van der Waals surface area contributed by atoms with E-state index in [0.717, 1.165) is 12.8 Å². The van der Waals surface area contributed by atoms with E-state index in [2.05, 4.69) is 4.74 Å². The molecule has 0 saturated heterocycles. The van der Waals surface area contributed by atoms with E-state index in [-0.39, 0.29) is 35.6 Å². The first-order chi connectivity index (χ1) is 18.7. The Morgan fingerprint density at radius 2 is 1.77 bits per heavy atom. The lowest BCUT2D eigenvalue weighted by Gasteiger charge is -2.29. The maximum Gasteiger partial charge on any atom is 0.453 e. The Morgan fingerprint density at radius 3 is 2.46 bits per heavy atom. The van der Waals surface area contributed by atoms with Gasteiger partial charge in [-0.1, -0.05) is 30.3 Å². The number of fused-ring (bicyclic) bond motifs is 3. The fraction of sp³-hybridized carbons (Fsp3) is 0.241. The van der Waals surface area contributed by atoms with Gasteiger partial charge in [-0.25, -0.2) is 4.79 Å². The minimum Gasteiger partial charge on any atom is -0.478 e. The Morgan fingerprint density at radius 1 is 1.03 bits per heavy atom. The molecule has 0 bridgehead atoms. The van der Waals surface area contributed by atoms with E-state index in [1.54, 1.807) is 6.07 Å². The standard InChI is InChI=1S/C29H24F3NO6/c1-36-28(35)19-9-11-20(12-10-19)38-26-24(34)21-13-14-23-22(25(21)39-27(26)29(30,31)32)16-33(17-37-23)15-5-8-18-6-3-2-4-7-18/h2-4,6-7,9-14H,5,8,15-17H2,1H3. The first kappa shape index (κ1) is 26.3. The molecule has 0 saturated carbocycles. The lowest BCUT2D eigenvalue weighted by atomic mass is 10.1. The van der Waals surface area contributed by atoms with Crippen molar-refractivity contribution in [2.75, 3.05) is 20.4 Å². The maximum absolute atomic E-state index is 14.1. The number of alkyl halides is 3. The molecule has 1 aromatic heterocycles. The Kier molecular flexibility index (Phi) is 7.30. The van der Waals surface area contributed by atoms with Crippen molar-refractivity contribution in [1.82, 2.24) is 4.90 Å². The molecular weight excluding hydrogens is 515 g/mol. The average Bonchev–Trinajstić information content (AvgIpc) is 2.94. The second-order valence-corrected chi connectivity index (χ2v) is 9.04. The fourth-order valence-electron chi connectivity index (χ4n) is 4.46. The van der Waals surface area contributed by atoms with Gasteiger partial charge >= 0.3 is 12.1 Å². The van der Waals surface area contributed by atoms with Gasteiger partial charge in [-0.05, 0) is 54.8 Å². The number of hydrogen-bond donors (Lipinski definition) is 0. The quantitative estimate of drug-likeness (QED) is 0.260. The van der Waals surface area contributed by atoms with Crippen molar-refractivity contribution in [3.63, 3.8) is 0 Å². The van der Waals surface area contributed by atoms with Crippen molar-refractivity contribution in [2.24, 2.45) is 0 Å². The smallest absolute Gasteiger partial charge is 0.453 e. The first-order valence-corrected chi connectivity index (χ1v) is 12.2. The number of rotatable bonds is 7. The molecule has 4 aromatic rings. The van der Waals surface area contributed by atoms with E-state index in [4.69, 9.17) is 13.9 Å². The van der Waals surface area contributed by atoms with Crippen molar-refractivity contribution in [1.29, 1.82) is 0 Å². The summed E-state index contributed by atoms with van der Waals surface area (Å²) in [4.78, 5) is 26.9. The lowest BCUT2D eigenvalue weighted by molar-refractivity contribution is -0.154. The zero-order chi connectivity index (χ0) is 27.6. The minimum atomic E-state index is -5.01. The Balaban J connectivity index is 1.46. The number of nitrogens with zero attached hydrogens (tertiary/aromatic N) is 1. The van der Waals surface area contributed by atoms with Gasteiger partial charge in [0.1, 0.15) is 23.8 Å². The van der Waals surface area contributed by atoms with Gasteiger partial charge in [-0.15, -0.1) is 0 Å². The van der Waals surface area contributed by atoms with Crippen LogP contribution in [0.25, 0.3) is 11.0 Å². The third-order valence-corrected chi connectivity index (χ3v) is 6.40. The van der Waals surface area contributed by atoms with Crippen LogP contribution in [0.3, 0.4) is 0 Å². The molecule has 2 heterocycles. The van der Waals surface area contributed by atoms with Crippen LogP contribution in [0.1, 0.15) is 33.7 Å². The van der Waals surface area contributed by atoms with Gasteiger partial charge in [0.25, 0.3) is 5.76 Å². The highest BCUT2D eigenvalue weighted by Gasteiger charge is 2.41. The van der Waals surface area contributed by atoms with Crippen molar-refractivity contribution in [3.05, 3.63) is 99.4 Å². The molecule has 0 aliphatic carbocycles. The van der Waals surface area contributed by atoms with Crippen molar-refractivity contribution in [2.45, 2.75) is 25.6 Å². The van der Waals surface area contributed by atoms with Gasteiger partial charge in [-0.3, -0.25) is 9.69 Å². The molecule has 3 aromatic carbocycles. The summed E-state index contributed by atoms with van der Waals surface area (Å²) in [5.74, 6) is -2.87. The SMILES string of the molecule is COC(=O)c1ccc(Oc2c(C(F)(F)F)oc3c4c(ccc3c2=O)OCN(CCCc2ccccc2)C4)cc1. The molecule has 0 spiro atoms. The van der Waals surface area contributed by atoms with Crippen molar-refractivity contribution < 1.29 is 36.6 Å². The normalized spacial score (nSPS) is 13.5. The fourth-order valence-corrected chi connectivity index (χ4v) is 4.46. The Bertz CT molecular complexity index is 1550. The second-order valence-electron chi connectivity index (χ2n) is 9.04. The number of ether oxygens (including phenoxy) is 3. The van der Waals surface area contributed by atoms with Crippen LogP contribution < -0.4 is 14.9 Å². The molecule has 1 aliphatic heterocycles. The highest BCUT2D eigenvalue weighted by atomic mass is 19.4. The number of carbonyl (C=O) groups excluding carboxylic acids is 1. The van der Waals surface area contributed by atoms with Crippen LogP contribution in [-0.4, -0.2) is 31.3 Å². The van der Waals surface area contributed by atoms with E-state index < -0.39 is 29.1 Å². The Hall–Kier alpha value is -4.31. The third kappa shape index (κ3) is 5.61. The molecule has 5 rings (SSSR count). The number of hydrogen-bond acceptors (Lipinski definition) is 7. The molecule has 0 N–H and O–H groups in total. The molecule has 0 atom stereocenters. The third-order valence-electron chi connectivity index (χ3n) is 6.40. The monoisotopic (exact) mass is 539 g/mol. The summed E-state index contributed by atoms with van der Waals surface area (Å²) < 4.78 is 63.5. The molecule has 39 heavy (non-hydrogen) atoms. The van der Waals surface area contributed by atoms with Crippen LogP contribution in [0.15, 0.2) is 75.9 Å². The van der Waals surface area contributed by atoms with Gasteiger partial charge in [0.05, 0.1) is 23.6 Å². The molecule has 10 heteroatoms. The predicted molar refractivity (Wildman–Crippen MR) is 136 cm³/mol. The van der Waals surface area contributed by atoms with Gasteiger partial charge < -0.3 is 18.6 Å². The summed E-state index contributed by atoms with van der Waals surface area (Å²) in [5.41, 5.74) is 0.576. The maximum atomic E-state index is 14.1. The van der Waals surface area contributed by atoms with Crippen molar-refractivity contribution in [3.8, 4) is 17.2 Å². The topological polar surface area (TPSA) is 78.2 Å². The van der Waals surface area contributed by atoms with E-state index in [9.17, 15) is 22.8 Å². The van der Waals surface area contributed by atoms with E-state index >= 15 is 0 Å². The number of halogens is 3. The number of benzene rings is 3. The largest absolute Gasteiger partial charge is 0.478 e. The molecular formula is C29H24F3NO6. The number of aryl methyl sites for hydroxylation is 1. The highest BCUT2D eigenvalue weighted by Crippen LogP contribution is 2.41. The summed E-state index contributed by atoms with van der Waals surface area (Å²) in [5, 5.41) is -0.0577. The molecule has 7 nitrogen and oxygen atoms in total. The summed E-state index contributed by atoms with van der Waals surface area (Å²) in [6, 6.07) is 18.1. The summed E-state index contributed by atoms with van der Waals surface area (Å²) in [7, 11) is 1.20. The van der Waals surface area contributed by atoms with Crippen LogP contribution in [0.2, 0.25) is 0 Å². The molecule has 0 amide bonds. The molecule has 202 valence electrons. The second kappa shape index (κ2) is 10.8. The molecule has 0 fully saturated rings. The molecule has 1 aliphatic rings. The van der Waals surface area contributed by atoms with Crippen LogP contribution in [0, 0.1) is 0 Å².